The molecule has 0 spiro atoms. The van der Waals surface area contributed by atoms with E-state index >= 15 is 0 Å². The first-order valence-electron chi connectivity index (χ1n) is 6.51. The molecule has 3 nitrogen and oxygen atoms in total. The molecule has 106 valence electrons. The summed E-state index contributed by atoms with van der Waals surface area (Å²) < 4.78 is 18.8. The lowest BCUT2D eigenvalue weighted by Crippen LogP contribution is -2.18. The molecule has 0 aliphatic carbocycles. The lowest BCUT2D eigenvalue weighted by molar-refractivity contribution is 0.386. The molecule has 1 aromatic carbocycles. The van der Waals surface area contributed by atoms with Gasteiger partial charge in [-0.15, -0.1) is 0 Å². The van der Waals surface area contributed by atoms with Gasteiger partial charge in [0.1, 0.15) is 0 Å². The van der Waals surface area contributed by atoms with Gasteiger partial charge in [-0.3, -0.25) is 4.98 Å². The summed E-state index contributed by atoms with van der Waals surface area (Å²) in [6.45, 7) is 3.91. The number of hydrogen-bond acceptors (Lipinski definition) is 3. The zero-order valence-corrected chi connectivity index (χ0v) is 12.2. The number of benzene rings is 1. The fourth-order valence-electron chi connectivity index (χ4n) is 2.42. The maximum atomic E-state index is 13.9. The minimum absolute atomic E-state index is 0.0733. The molecule has 1 heterocycles. The molecule has 0 aliphatic rings. The van der Waals surface area contributed by atoms with Crippen LogP contribution in [0.25, 0.3) is 0 Å². The monoisotopic (exact) mass is 274 g/mol. The van der Waals surface area contributed by atoms with E-state index in [0.29, 0.717) is 0 Å². The number of methoxy groups -OCH3 is 1. The van der Waals surface area contributed by atoms with Crippen LogP contribution in [0.1, 0.15) is 28.6 Å². The Balaban J connectivity index is 2.44. The smallest absolute Gasteiger partial charge is 0.165 e. The van der Waals surface area contributed by atoms with Crippen LogP contribution in [0.4, 0.5) is 4.39 Å². The third kappa shape index (κ3) is 2.96. The van der Waals surface area contributed by atoms with Gasteiger partial charge < -0.3 is 10.1 Å². The van der Waals surface area contributed by atoms with Gasteiger partial charge in [0.2, 0.25) is 0 Å². The molecular formula is C16H19FN2O. The molecule has 1 aromatic heterocycles. The molecule has 1 unspecified atom stereocenters. The molecule has 0 saturated heterocycles. The molecule has 20 heavy (non-hydrogen) atoms. The van der Waals surface area contributed by atoms with E-state index in [1.807, 2.05) is 39.1 Å². The van der Waals surface area contributed by atoms with E-state index in [2.05, 4.69) is 10.3 Å². The van der Waals surface area contributed by atoms with Crippen LogP contribution in [0.5, 0.6) is 5.75 Å². The first kappa shape index (κ1) is 14.5. The lowest BCUT2D eigenvalue weighted by Gasteiger charge is -2.19. The summed E-state index contributed by atoms with van der Waals surface area (Å²) in [7, 11) is 3.32. The summed E-state index contributed by atoms with van der Waals surface area (Å²) in [4.78, 5) is 4.37. The van der Waals surface area contributed by atoms with Crippen LogP contribution in [-0.2, 0) is 0 Å². The summed E-state index contributed by atoms with van der Waals surface area (Å²) in [5, 5.41) is 3.22. The fourth-order valence-corrected chi connectivity index (χ4v) is 2.42. The predicted molar refractivity (Wildman–Crippen MR) is 77.6 cm³/mol. The maximum Gasteiger partial charge on any atom is 0.165 e. The van der Waals surface area contributed by atoms with E-state index in [4.69, 9.17) is 4.74 Å². The Bertz CT molecular complexity index is 593. The van der Waals surface area contributed by atoms with E-state index in [9.17, 15) is 4.39 Å². The van der Waals surface area contributed by atoms with Gasteiger partial charge in [0.25, 0.3) is 0 Å². The lowest BCUT2D eigenvalue weighted by atomic mass is 9.98. The first-order chi connectivity index (χ1) is 9.55. The zero-order valence-electron chi connectivity index (χ0n) is 12.2. The van der Waals surface area contributed by atoms with Crippen molar-refractivity contribution in [2.24, 2.45) is 0 Å². The van der Waals surface area contributed by atoms with Crippen LogP contribution >= 0.6 is 0 Å². The number of pyridine rings is 1. The van der Waals surface area contributed by atoms with Crippen molar-refractivity contribution >= 4 is 0 Å². The topological polar surface area (TPSA) is 34.2 Å². The Hall–Kier alpha value is -1.94. The van der Waals surface area contributed by atoms with Gasteiger partial charge in [0.15, 0.2) is 11.6 Å². The highest BCUT2D eigenvalue weighted by Crippen LogP contribution is 2.26. The minimum atomic E-state index is -0.354. The Labute approximate surface area is 118 Å². The highest BCUT2D eigenvalue weighted by molar-refractivity contribution is 5.37. The molecule has 1 atom stereocenters. The van der Waals surface area contributed by atoms with Crippen molar-refractivity contribution < 1.29 is 9.13 Å². The minimum Gasteiger partial charge on any atom is -0.494 e. The van der Waals surface area contributed by atoms with Crippen LogP contribution in [0.2, 0.25) is 0 Å². The van der Waals surface area contributed by atoms with E-state index < -0.39 is 0 Å². The Morgan fingerprint density at radius 2 is 1.75 bits per heavy atom. The van der Waals surface area contributed by atoms with Gasteiger partial charge in [0, 0.05) is 11.4 Å². The van der Waals surface area contributed by atoms with Crippen molar-refractivity contribution in [1.82, 2.24) is 10.3 Å². The first-order valence-corrected chi connectivity index (χ1v) is 6.51. The quantitative estimate of drug-likeness (QED) is 0.930. The normalized spacial score (nSPS) is 12.2. The predicted octanol–water partition coefficient (Wildman–Crippen LogP) is 3.15. The Morgan fingerprint density at radius 3 is 2.25 bits per heavy atom. The number of nitrogens with zero attached hydrogens (tertiary/aromatic N) is 1. The highest BCUT2D eigenvalue weighted by Gasteiger charge is 2.15. The third-order valence-electron chi connectivity index (χ3n) is 3.24. The molecule has 0 radical (unpaired) electrons. The van der Waals surface area contributed by atoms with Crippen molar-refractivity contribution in [3.8, 4) is 5.75 Å². The largest absolute Gasteiger partial charge is 0.494 e. The van der Waals surface area contributed by atoms with E-state index in [1.165, 1.54) is 13.2 Å². The zero-order chi connectivity index (χ0) is 14.7. The molecule has 0 bridgehead atoms. The molecule has 0 aliphatic heterocycles. The number of aryl methyl sites for hydroxylation is 2. The summed E-state index contributed by atoms with van der Waals surface area (Å²) in [6, 6.07) is 8.97. The summed E-state index contributed by atoms with van der Waals surface area (Å²) in [6.07, 6.45) is 0. The molecule has 2 aromatic rings. The van der Waals surface area contributed by atoms with Crippen LogP contribution in [0.15, 0.2) is 30.3 Å². The average molecular weight is 274 g/mol. The van der Waals surface area contributed by atoms with Crippen molar-refractivity contribution in [3.05, 3.63) is 58.7 Å². The summed E-state index contributed by atoms with van der Waals surface area (Å²) in [5.74, 6) is -0.0987. The second kappa shape index (κ2) is 6.01. The van der Waals surface area contributed by atoms with Gasteiger partial charge in [-0.25, -0.2) is 4.39 Å². The second-order valence-electron chi connectivity index (χ2n) is 4.80. The Kier molecular flexibility index (Phi) is 4.35. The van der Waals surface area contributed by atoms with Crippen molar-refractivity contribution in [3.63, 3.8) is 0 Å². The van der Waals surface area contributed by atoms with Gasteiger partial charge in [-0.05, 0) is 56.3 Å². The second-order valence-corrected chi connectivity index (χ2v) is 4.80. The number of ether oxygens (including phenoxy) is 1. The van der Waals surface area contributed by atoms with Crippen molar-refractivity contribution in [1.29, 1.82) is 0 Å². The van der Waals surface area contributed by atoms with E-state index in [0.717, 1.165) is 22.5 Å². The van der Waals surface area contributed by atoms with Crippen LogP contribution in [0, 0.1) is 19.7 Å². The van der Waals surface area contributed by atoms with Gasteiger partial charge >= 0.3 is 0 Å². The van der Waals surface area contributed by atoms with Gasteiger partial charge in [0.05, 0.1) is 13.2 Å². The van der Waals surface area contributed by atoms with Crippen LogP contribution in [-0.4, -0.2) is 19.1 Å². The number of halogens is 1. The molecular weight excluding hydrogens is 255 g/mol. The van der Waals surface area contributed by atoms with Crippen molar-refractivity contribution in [2.75, 3.05) is 14.2 Å². The van der Waals surface area contributed by atoms with Crippen LogP contribution < -0.4 is 10.1 Å². The standard InChI is InChI=1S/C16H19FN2O/c1-10-7-13(8-11(2)19-10)16(18-3)12-5-6-15(20-4)14(17)9-12/h5-9,16,18H,1-4H3. The van der Waals surface area contributed by atoms with Crippen molar-refractivity contribution in [2.45, 2.75) is 19.9 Å². The summed E-state index contributed by atoms with van der Waals surface area (Å²) >= 11 is 0. The van der Waals surface area contributed by atoms with Crippen LogP contribution in [0.3, 0.4) is 0 Å². The highest BCUT2D eigenvalue weighted by atomic mass is 19.1. The van der Waals surface area contributed by atoms with Gasteiger partial charge in [-0.2, -0.15) is 0 Å². The molecule has 2 rings (SSSR count). The summed E-state index contributed by atoms with van der Waals surface area (Å²) in [5.41, 5.74) is 3.83. The molecule has 4 heteroatoms. The Morgan fingerprint density at radius 1 is 1.10 bits per heavy atom. The SMILES string of the molecule is CNC(c1cc(C)nc(C)c1)c1ccc(OC)c(F)c1. The maximum absolute atomic E-state index is 13.9. The molecule has 0 fully saturated rings. The molecule has 0 amide bonds. The average Bonchev–Trinajstić information content (AvgIpc) is 2.38. The van der Waals surface area contributed by atoms with E-state index in [1.54, 1.807) is 6.07 Å². The third-order valence-corrected chi connectivity index (χ3v) is 3.24. The molecule has 1 N–H and O–H groups in total. The number of rotatable bonds is 4. The number of aromatic nitrogens is 1. The molecule has 0 saturated carbocycles. The van der Waals surface area contributed by atoms with E-state index in [-0.39, 0.29) is 17.6 Å². The number of nitrogens with one attached hydrogen (secondary N) is 1. The van der Waals surface area contributed by atoms with Gasteiger partial charge in [-0.1, -0.05) is 6.07 Å². The number of hydrogen-bond donors (Lipinski definition) is 1. The fraction of sp³-hybridized carbons (Fsp3) is 0.312.